The Morgan fingerprint density at radius 2 is 2.47 bits per heavy atom. The van der Waals surface area contributed by atoms with Crippen molar-refractivity contribution in [3.8, 4) is 0 Å². The van der Waals surface area contributed by atoms with E-state index in [2.05, 4.69) is 4.98 Å². The van der Waals surface area contributed by atoms with Crippen molar-refractivity contribution in [2.45, 2.75) is 32.0 Å². The zero-order valence-corrected chi connectivity index (χ0v) is 8.81. The first-order chi connectivity index (χ1) is 7.20. The summed E-state index contributed by atoms with van der Waals surface area (Å²) in [5.41, 5.74) is 7.44. The van der Waals surface area contributed by atoms with Crippen molar-refractivity contribution in [2.24, 2.45) is 0 Å². The van der Waals surface area contributed by atoms with Crippen LogP contribution in [0.25, 0.3) is 0 Å². The third kappa shape index (κ3) is 1.96. The lowest BCUT2D eigenvalue weighted by molar-refractivity contribution is -0.00264. The molecule has 4 nitrogen and oxygen atoms in total. The number of aromatic nitrogens is 1. The molecule has 3 N–H and O–H groups in total. The van der Waals surface area contributed by atoms with Gasteiger partial charge in [0.15, 0.2) is 0 Å². The smallest absolute Gasteiger partial charge is 0.129 e. The molecule has 1 aliphatic rings. The Kier molecular flexibility index (Phi) is 2.88. The van der Waals surface area contributed by atoms with Crippen LogP contribution in [0.1, 0.15) is 30.1 Å². The van der Waals surface area contributed by atoms with Gasteiger partial charge in [-0.05, 0) is 31.4 Å². The summed E-state index contributed by atoms with van der Waals surface area (Å²) in [7, 11) is 0. The number of anilines is 1. The predicted octanol–water partition coefficient (Wildman–Crippen LogP) is 1.18. The summed E-state index contributed by atoms with van der Waals surface area (Å²) < 4.78 is 5.45. The van der Waals surface area contributed by atoms with E-state index in [0.717, 1.165) is 25.0 Å². The van der Waals surface area contributed by atoms with E-state index in [1.54, 1.807) is 6.20 Å². The molecule has 4 heteroatoms. The van der Waals surface area contributed by atoms with Crippen LogP contribution in [0.5, 0.6) is 0 Å². The second kappa shape index (κ2) is 4.16. The van der Waals surface area contributed by atoms with E-state index in [1.807, 2.05) is 13.0 Å². The summed E-state index contributed by atoms with van der Waals surface area (Å²) in [6.07, 6.45) is 2.75. The Labute approximate surface area is 89.1 Å². The number of hydrogen-bond acceptors (Lipinski definition) is 4. The van der Waals surface area contributed by atoms with E-state index in [4.69, 9.17) is 10.5 Å². The van der Waals surface area contributed by atoms with E-state index in [1.165, 1.54) is 0 Å². The molecule has 1 aromatic heterocycles. The quantitative estimate of drug-likeness (QED) is 0.766. The summed E-state index contributed by atoms with van der Waals surface area (Å²) in [6.45, 7) is 2.65. The van der Waals surface area contributed by atoms with E-state index in [9.17, 15) is 5.11 Å². The molecule has 0 saturated carbocycles. The van der Waals surface area contributed by atoms with Gasteiger partial charge in [0.1, 0.15) is 11.9 Å². The van der Waals surface area contributed by atoms with E-state index in [-0.39, 0.29) is 6.10 Å². The molecule has 0 aromatic carbocycles. The summed E-state index contributed by atoms with van der Waals surface area (Å²) in [5, 5.41) is 10.1. The molecule has 2 heterocycles. The normalized spacial score (nSPS) is 22.9. The lowest BCUT2D eigenvalue weighted by atomic mass is 9.99. The molecule has 1 fully saturated rings. The first-order valence-corrected chi connectivity index (χ1v) is 5.21. The van der Waals surface area contributed by atoms with Gasteiger partial charge in [0.25, 0.3) is 0 Å². The fourth-order valence-electron chi connectivity index (χ4n) is 2.01. The molecule has 15 heavy (non-hydrogen) atoms. The third-order valence-electron chi connectivity index (χ3n) is 2.85. The highest BCUT2D eigenvalue weighted by Gasteiger charge is 2.28. The van der Waals surface area contributed by atoms with Crippen LogP contribution in [-0.2, 0) is 4.74 Å². The van der Waals surface area contributed by atoms with E-state index in [0.29, 0.717) is 11.4 Å². The molecule has 1 aromatic rings. The second-order valence-electron chi connectivity index (χ2n) is 3.92. The summed E-state index contributed by atoms with van der Waals surface area (Å²) in [4.78, 5) is 3.99. The van der Waals surface area contributed by atoms with Gasteiger partial charge >= 0.3 is 0 Å². The van der Waals surface area contributed by atoms with Crippen LogP contribution in [0.4, 0.5) is 5.82 Å². The molecular formula is C11H16N2O2. The molecular weight excluding hydrogens is 192 g/mol. The number of ether oxygens (including phenoxy) is 1. The first-order valence-electron chi connectivity index (χ1n) is 5.21. The van der Waals surface area contributed by atoms with Crippen LogP contribution in [0.3, 0.4) is 0 Å². The van der Waals surface area contributed by atoms with Crippen molar-refractivity contribution >= 4 is 5.82 Å². The molecule has 2 unspecified atom stereocenters. The number of nitrogen functional groups attached to an aromatic ring is 1. The van der Waals surface area contributed by atoms with Gasteiger partial charge in [-0.1, -0.05) is 0 Å². The molecule has 82 valence electrons. The fourth-order valence-corrected chi connectivity index (χ4v) is 2.01. The maximum atomic E-state index is 10.1. The number of pyridine rings is 1. The zero-order chi connectivity index (χ0) is 10.8. The number of nitrogens with two attached hydrogens (primary N) is 1. The van der Waals surface area contributed by atoms with Crippen LogP contribution in [-0.4, -0.2) is 22.8 Å². The van der Waals surface area contributed by atoms with Gasteiger partial charge in [-0.25, -0.2) is 4.98 Å². The lowest BCUT2D eigenvalue weighted by Crippen LogP contribution is -2.19. The minimum atomic E-state index is -0.652. The number of hydrogen-bond donors (Lipinski definition) is 2. The average molecular weight is 208 g/mol. The highest BCUT2D eigenvalue weighted by molar-refractivity contribution is 5.45. The Balaban J connectivity index is 2.27. The van der Waals surface area contributed by atoms with Gasteiger partial charge < -0.3 is 15.6 Å². The van der Waals surface area contributed by atoms with Gasteiger partial charge in [0.2, 0.25) is 0 Å². The highest BCUT2D eigenvalue weighted by Crippen LogP contribution is 2.31. The molecule has 0 spiro atoms. The average Bonchev–Trinajstić information content (AvgIpc) is 2.69. The second-order valence-corrected chi connectivity index (χ2v) is 3.92. The molecule has 0 radical (unpaired) electrons. The first kappa shape index (κ1) is 10.4. The van der Waals surface area contributed by atoms with Crippen molar-refractivity contribution in [3.05, 3.63) is 23.4 Å². The highest BCUT2D eigenvalue weighted by atomic mass is 16.5. The molecule has 0 aliphatic carbocycles. The summed E-state index contributed by atoms with van der Waals surface area (Å²) in [6, 6.07) is 1.85. The summed E-state index contributed by atoms with van der Waals surface area (Å²) in [5.74, 6) is 0.401. The Morgan fingerprint density at radius 3 is 3.07 bits per heavy atom. The van der Waals surface area contributed by atoms with Crippen LogP contribution in [0.2, 0.25) is 0 Å². The molecule has 2 rings (SSSR count). The van der Waals surface area contributed by atoms with Crippen molar-refractivity contribution in [2.75, 3.05) is 12.3 Å². The minimum Gasteiger partial charge on any atom is -0.386 e. The fraction of sp³-hybridized carbons (Fsp3) is 0.545. The predicted molar refractivity (Wildman–Crippen MR) is 57.3 cm³/mol. The number of aryl methyl sites for hydroxylation is 1. The maximum Gasteiger partial charge on any atom is 0.129 e. The van der Waals surface area contributed by atoms with Crippen LogP contribution in [0.15, 0.2) is 12.3 Å². The topological polar surface area (TPSA) is 68.4 Å². The van der Waals surface area contributed by atoms with Gasteiger partial charge in [0, 0.05) is 18.4 Å². The van der Waals surface area contributed by atoms with Gasteiger partial charge in [-0.3, -0.25) is 0 Å². The van der Waals surface area contributed by atoms with Crippen LogP contribution >= 0.6 is 0 Å². The largest absolute Gasteiger partial charge is 0.386 e. The molecule has 2 atom stereocenters. The van der Waals surface area contributed by atoms with Crippen molar-refractivity contribution < 1.29 is 9.84 Å². The van der Waals surface area contributed by atoms with Crippen molar-refractivity contribution in [1.82, 2.24) is 4.98 Å². The van der Waals surface area contributed by atoms with Crippen molar-refractivity contribution in [3.63, 3.8) is 0 Å². The monoisotopic (exact) mass is 208 g/mol. The SMILES string of the molecule is Cc1ccnc(N)c1C(O)C1CCCO1. The van der Waals surface area contributed by atoms with E-state index >= 15 is 0 Å². The van der Waals surface area contributed by atoms with E-state index < -0.39 is 6.10 Å². The standard InChI is InChI=1S/C11H16N2O2/c1-7-4-5-13-11(12)9(7)10(14)8-3-2-6-15-8/h4-5,8,10,14H,2-3,6H2,1H3,(H2,12,13). The Bertz CT molecular complexity index is 328. The number of rotatable bonds is 2. The minimum absolute atomic E-state index is 0.129. The number of nitrogens with zero attached hydrogens (tertiary/aromatic N) is 1. The number of aliphatic hydroxyl groups excluding tert-OH is 1. The van der Waals surface area contributed by atoms with Crippen molar-refractivity contribution in [1.29, 1.82) is 0 Å². The van der Waals surface area contributed by atoms with Gasteiger partial charge in [0.05, 0.1) is 6.10 Å². The molecule has 0 bridgehead atoms. The van der Waals surface area contributed by atoms with Gasteiger partial charge in [-0.15, -0.1) is 0 Å². The molecule has 1 aliphatic heterocycles. The Hall–Kier alpha value is -1.13. The third-order valence-corrected chi connectivity index (χ3v) is 2.85. The lowest BCUT2D eigenvalue weighted by Gasteiger charge is -2.20. The zero-order valence-electron chi connectivity index (χ0n) is 8.81. The number of aliphatic hydroxyl groups is 1. The molecule has 1 saturated heterocycles. The van der Waals surface area contributed by atoms with Crippen LogP contribution < -0.4 is 5.73 Å². The maximum absolute atomic E-state index is 10.1. The summed E-state index contributed by atoms with van der Waals surface area (Å²) >= 11 is 0. The Morgan fingerprint density at radius 1 is 1.67 bits per heavy atom. The van der Waals surface area contributed by atoms with Crippen LogP contribution in [0, 0.1) is 6.92 Å². The molecule has 0 amide bonds. The van der Waals surface area contributed by atoms with Gasteiger partial charge in [-0.2, -0.15) is 0 Å².